The van der Waals surface area contributed by atoms with Crippen LogP contribution in [-0.2, 0) is 20.7 Å². The molecule has 1 aliphatic rings. The number of rotatable bonds is 6. The summed E-state index contributed by atoms with van der Waals surface area (Å²) in [5, 5.41) is 3.77. The number of carbonyl (C=O) groups is 2. The number of anilines is 2. The van der Waals surface area contributed by atoms with Crippen molar-refractivity contribution in [2.75, 3.05) is 29.9 Å². The number of fused-ring (bicyclic) bond motifs is 1. The van der Waals surface area contributed by atoms with Crippen LogP contribution in [0.25, 0.3) is 10.9 Å². The molecule has 0 unspecified atom stereocenters. The summed E-state index contributed by atoms with van der Waals surface area (Å²) in [4.78, 5) is 29.8. The van der Waals surface area contributed by atoms with Gasteiger partial charge in [-0.3, -0.25) is 9.59 Å². The minimum absolute atomic E-state index is 0.125. The van der Waals surface area contributed by atoms with E-state index in [0.29, 0.717) is 5.69 Å². The van der Waals surface area contributed by atoms with Crippen molar-refractivity contribution in [1.29, 1.82) is 0 Å². The maximum atomic E-state index is 12.1. The SMILES string of the molecule is CC1CCN(c2ccc(NC(=O)COC(=O)Cc3c[nH]c4ccccc34)cc2)CC1. The molecule has 2 heterocycles. The van der Waals surface area contributed by atoms with Crippen LogP contribution in [0.3, 0.4) is 0 Å². The van der Waals surface area contributed by atoms with Crippen molar-refractivity contribution in [3.05, 3.63) is 60.3 Å². The number of para-hydroxylation sites is 1. The van der Waals surface area contributed by atoms with Crippen LogP contribution < -0.4 is 10.2 Å². The van der Waals surface area contributed by atoms with E-state index >= 15 is 0 Å². The number of hydrogen-bond donors (Lipinski definition) is 2. The normalized spacial score (nSPS) is 14.6. The number of esters is 1. The highest BCUT2D eigenvalue weighted by molar-refractivity contribution is 5.93. The Morgan fingerprint density at radius 1 is 1.10 bits per heavy atom. The Labute approximate surface area is 176 Å². The summed E-state index contributed by atoms with van der Waals surface area (Å²) < 4.78 is 5.15. The fraction of sp³-hybridized carbons (Fsp3) is 0.333. The first kappa shape index (κ1) is 20.0. The molecule has 156 valence electrons. The lowest BCUT2D eigenvalue weighted by Gasteiger charge is -2.32. The van der Waals surface area contributed by atoms with E-state index in [9.17, 15) is 9.59 Å². The fourth-order valence-electron chi connectivity index (χ4n) is 3.85. The zero-order chi connectivity index (χ0) is 20.9. The lowest BCUT2D eigenvalue weighted by Crippen LogP contribution is -2.32. The third-order valence-corrected chi connectivity index (χ3v) is 5.67. The number of benzene rings is 2. The van der Waals surface area contributed by atoms with Crippen molar-refractivity contribution in [2.45, 2.75) is 26.2 Å². The van der Waals surface area contributed by atoms with E-state index in [1.54, 1.807) is 6.20 Å². The van der Waals surface area contributed by atoms with Crippen LogP contribution in [0.5, 0.6) is 0 Å². The Hall–Kier alpha value is -3.28. The number of nitrogens with one attached hydrogen (secondary N) is 2. The van der Waals surface area contributed by atoms with Gasteiger partial charge in [-0.05, 0) is 54.7 Å². The molecule has 0 radical (unpaired) electrons. The van der Waals surface area contributed by atoms with E-state index in [0.717, 1.165) is 35.5 Å². The highest BCUT2D eigenvalue weighted by Gasteiger charge is 2.16. The Morgan fingerprint density at radius 3 is 2.60 bits per heavy atom. The van der Waals surface area contributed by atoms with Gasteiger partial charge in [-0.25, -0.2) is 0 Å². The Morgan fingerprint density at radius 2 is 1.83 bits per heavy atom. The number of aromatic amines is 1. The van der Waals surface area contributed by atoms with E-state index in [1.807, 2.05) is 48.5 Å². The number of nitrogens with zero attached hydrogens (tertiary/aromatic N) is 1. The molecule has 1 saturated heterocycles. The molecule has 0 atom stereocenters. The topological polar surface area (TPSA) is 74.4 Å². The molecule has 0 bridgehead atoms. The van der Waals surface area contributed by atoms with Crippen LogP contribution in [0.2, 0.25) is 0 Å². The lowest BCUT2D eigenvalue weighted by atomic mass is 9.99. The van der Waals surface area contributed by atoms with Crippen molar-refractivity contribution in [1.82, 2.24) is 4.98 Å². The number of amides is 1. The molecular weight excluding hydrogens is 378 g/mol. The van der Waals surface area contributed by atoms with Gasteiger partial charge in [0.05, 0.1) is 6.42 Å². The van der Waals surface area contributed by atoms with Crippen molar-refractivity contribution in [3.63, 3.8) is 0 Å². The van der Waals surface area contributed by atoms with Gasteiger partial charge < -0.3 is 19.9 Å². The first-order valence-electron chi connectivity index (χ1n) is 10.4. The largest absolute Gasteiger partial charge is 0.455 e. The number of carbonyl (C=O) groups excluding carboxylic acids is 2. The zero-order valence-corrected chi connectivity index (χ0v) is 17.2. The summed E-state index contributed by atoms with van der Waals surface area (Å²) in [6.45, 7) is 4.13. The minimum Gasteiger partial charge on any atom is -0.455 e. The molecule has 0 saturated carbocycles. The summed E-state index contributed by atoms with van der Waals surface area (Å²) in [5.74, 6) is 0.0184. The summed E-state index contributed by atoms with van der Waals surface area (Å²) in [5.41, 5.74) is 3.70. The van der Waals surface area contributed by atoms with Gasteiger partial charge in [0.1, 0.15) is 0 Å². The Bertz CT molecular complexity index is 1020. The van der Waals surface area contributed by atoms with Crippen molar-refractivity contribution in [3.8, 4) is 0 Å². The second-order valence-corrected chi connectivity index (χ2v) is 7.96. The number of hydrogen-bond acceptors (Lipinski definition) is 4. The monoisotopic (exact) mass is 405 g/mol. The van der Waals surface area contributed by atoms with E-state index < -0.39 is 5.97 Å². The van der Waals surface area contributed by atoms with Crippen molar-refractivity contribution < 1.29 is 14.3 Å². The zero-order valence-electron chi connectivity index (χ0n) is 17.2. The van der Waals surface area contributed by atoms with E-state index in [4.69, 9.17) is 4.74 Å². The first-order valence-corrected chi connectivity index (χ1v) is 10.4. The van der Waals surface area contributed by atoms with Gasteiger partial charge in [-0.1, -0.05) is 25.1 Å². The predicted molar refractivity (Wildman–Crippen MR) is 119 cm³/mol. The molecule has 1 aliphatic heterocycles. The molecule has 4 rings (SSSR count). The summed E-state index contributed by atoms with van der Waals surface area (Å²) in [7, 11) is 0. The van der Waals surface area contributed by atoms with Crippen LogP contribution in [0, 0.1) is 5.92 Å². The lowest BCUT2D eigenvalue weighted by molar-refractivity contribution is -0.146. The van der Waals surface area contributed by atoms with E-state index in [1.165, 1.54) is 18.5 Å². The minimum atomic E-state index is -0.426. The standard InChI is InChI=1S/C24H27N3O3/c1-17-10-12-27(13-11-17)20-8-6-19(7-9-20)26-23(28)16-30-24(29)14-18-15-25-22-5-3-2-4-21(18)22/h2-9,15,17,25H,10-14,16H2,1H3,(H,26,28). The predicted octanol–water partition coefficient (Wildman–Crippen LogP) is 4.13. The quantitative estimate of drug-likeness (QED) is 0.605. The van der Waals surface area contributed by atoms with Crippen LogP contribution in [0.15, 0.2) is 54.7 Å². The smallest absolute Gasteiger partial charge is 0.310 e. The van der Waals surface area contributed by atoms with Crippen molar-refractivity contribution >= 4 is 34.2 Å². The van der Waals surface area contributed by atoms with Gasteiger partial charge in [-0.15, -0.1) is 0 Å². The second-order valence-electron chi connectivity index (χ2n) is 7.96. The number of aromatic nitrogens is 1. The molecule has 1 amide bonds. The molecule has 6 heteroatoms. The molecule has 30 heavy (non-hydrogen) atoms. The Kier molecular flexibility index (Phi) is 6.02. The Balaban J connectivity index is 1.25. The van der Waals surface area contributed by atoms with Gasteiger partial charge in [0.25, 0.3) is 5.91 Å². The summed E-state index contributed by atoms with van der Waals surface area (Å²) in [6, 6.07) is 15.6. The summed E-state index contributed by atoms with van der Waals surface area (Å²) >= 11 is 0. The molecule has 2 N–H and O–H groups in total. The molecule has 1 fully saturated rings. The number of piperidine rings is 1. The first-order chi connectivity index (χ1) is 14.6. The van der Waals surface area contributed by atoms with Crippen LogP contribution in [-0.4, -0.2) is 36.6 Å². The molecule has 0 spiro atoms. The average molecular weight is 405 g/mol. The highest BCUT2D eigenvalue weighted by Crippen LogP contribution is 2.24. The highest BCUT2D eigenvalue weighted by atomic mass is 16.5. The van der Waals surface area contributed by atoms with Crippen LogP contribution >= 0.6 is 0 Å². The van der Waals surface area contributed by atoms with Crippen LogP contribution in [0.4, 0.5) is 11.4 Å². The third kappa shape index (κ3) is 4.82. The molecule has 1 aromatic heterocycles. The van der Waals surface area contributed by atoms with Gasteiger partial charge >= 0.3 is 5.97 Å². The summed E-state index contributed by atoms with van der Waals surface area (Å²) in [6.07, 6.45) is 4.35. The maximum absolute atomic E-state index is 12.1. The number of H-pyrrole nitrogens is 1. The number of ether oxygens (including phenoxy) is 1. The van der Waals surface area contributed by atoms with Crippen molar-refractivity contribution in [2.24, 2.45) is 5.92 Å². The van der Waals surface area contributed by atoms with Gasteiger partial charge in [0.2, 0.25) is 0 Å². The molecule has 0 aliphatic carbocycles. The maximum Gasteiger partial charge on any atom is 0.310 e. The van der Waals surface area contributed by atoms with Gasteiger partial charge in [-0.2, -0.15) is 0 Å². The third-order valence-electron chi connectivity index (χ3n) is 5.67. The molecule has 6 nitrogen and oxygen atoms in total. The fourth-order valence-corrected chi connectivity index (χ4v) is 3.85. The molecule has 3 aromatic rings. The van der Waals surface area contributed by atoms with Gasteiger partial charge in [0.15, 0.2) is 6.61 Å². The average Bonchev–Trinajstić information content (AvgIpc) is 3.16. The molecular formula is C24H27N3O3. The molecule has 2 aromatic carbocycles. The van der Waals surface area contributed by atoms with Crippen LogP contribution in [0.1, 0.15) is 25.3 Å². The van der Waals surface area contributed by atoms with Gasteiger partial charge in [0, 0.05) is 41.6 Å². The van der Waals surface area contributed by atoms with E-state index in [2.05, 4.69) is 22.1 Å². The second kappa shape index (κ2) is 9.03. The van der Waals surface area contributed by atoms with E-state index in [-0.39, 0.29) is 18.9 Å².